The van der Waals surface area contributed by atoms with Crippen molar-refractivity contribution < 1.29 is 4.79 Å². The van der Waals surface area contributed by atoms with Crippen molar-refractivity contribution in [2.45, 2.75) is 19.9 Å². The van der Waals surface area contributed by atoms with Gasteiger partial charge in [-0.3, -0.25) is 0 Å². The van der Waals surface area contributed by atoms with E-state index in [0.717, 1.165) is 10.0 Å². The second-order valence-electron chi connectivity index (χ2n) is 3.28. The predicted molar refractivity (Wildman–Crippen MR) is 64.8 cm³/mol. The van der Waals surface area contributed by atoms with Crippen LogP contribution in [-0.2, 0) is 0 Å². The van der Waals surface area contributed by atoms with Crippen LogP contribution in [0.3, 0.4) is 0 Å². The van der Waals surface area contributed by atoms with Gasteiger partial charge in [0.25, 0.3) is 0 Å². The Balaban J connectivity index is 2.57. The highest BCUT2D eigenvalue weighted by Gasteiger charge is 2.07. The van der Waals surface area contributed by atoms with E-state index in [0.29, 0.717) is 6.54 Å². The number of amides is 2. The molecule has 0 aliphatic carbocycles. The van der Waals surface area contributed by atoms with Crippen molar-refractivity contribution in [3.63, 3.8) is 0 Å². The molecular weight excluding hydrogens is 256 g/mol. The third-order valence-electron chi connectivity index (χ3n) is 2.05. The van der Waals surface area contributed by atoms with Gasteiger partial charge in [-0.1, -0.05) is 28.1 Å². The fourth-order valence-corrected chi connectivity index (χ4v) is 1.51. The highest BCUT2D eigenvalue weighted by molar-refractivity contribution is 9.10. The molecule has 0 unspecified atom stereocenters. The van der Waals surface area contributed by atoms with Gasteiger partial charge in [-0.05, 0) is 31.5 Å². The molecule has 0 fully saturated rings. The minimum Gasteiger partial charge on any atom is -0.338 e. The lowest BCUT2D eigenvalue weighted by atomic mass is 10.1. The van der Waals surface area contributed by atoms with Gasteiger partial charge < -0.3 is 10.6 Å². The van der Waals surface area contributed by atoms with Crippen LogP contribution in [0, 0.1) is 0 Å². The number of hydrogen-bond acceptors (Lipinski definition) is 1. The highest BCUT2D eigenvalue weighted by atomic mass is 79.9. The first-order chi connectivity index (χ1) is 7.13. The number of urea groups is 1. The summed E-state index contributed by atoms with van der Waals surface area (Å²) in [5, 5.41) is 5.55. The van der Waals surface area contributed by atoms with Crippen molar-refractivity contribution >= 4 is 22.0 Å². The van der Waals surface area contributed by atoms with E-state index >= 15 is 0 Å². The van der Waals surface area contributed by atoms with Crippen LogP contribution in [-0.4, -0.2) is 12.6 Å². The minimum absolute atomic E-state index is 0.0182. The number of rotatable bonds is 3. The van der Waals surface area contributed by atoms with E-state index in [4.69, 9.17) is 0 Å². The Morgan fingerprint density at radius 3 is 2.53 bits per heavy atom. The van der Waals surface area contributed by atoms with Crippen LogP contribution >= 0.6 is 15.9 Å². The molecule has 0 heterocycles. The fraction of sp³-hybridized carbons (Fsp3) is 0.364. The van der Waals surface area contributed by atoms with Crippen molar-refractivity contribution in [1.82, 2.24) is 10.6 Å². The van der Waals surface area contributed by atoms with Gasteiger partial charge in [0.2, 0.25) is 0 Å². The molecule has 1 rings (SSSR count). The monoisotopic (exact) mass is 270 g/mol. The quantitative estimate of drug-likeness (QED) is 0.872. The van der Waals surface area contributed by atoms with Gasteiger partial charge in [-0.2, -0.15) is 0 Å². The molecule has 2 amide bonds. The molecule has 1 aromatic rings. The summed E-state index contributed by atoms with van der Waals surface area (Å²) in [4.78, 5) is 11.3. The van der Waals surface area contributed by atoms with E-state index in [1.54, 1.807) is 0 Å². The summed E-state index contributed by atoms with van der Waals surface area (Å²) in [6.45, 7) is 4.49. The van der Waals surface area contributed by atoms with Crippen LogP contribution in [0.4, 0.5) is 4.79 Å². The van der Waals surface area contributed by atoms with Crippen LogP contribution in [0.15, 0.2) is 28.7 Å². The fourth-order valence-electron chi connectivity index (χ4n) is 1.24. The van der Waals surface area contributed by atoms with E-state index in [2.05, 4.69) is 26.6 Å². The first-order valence-corrected chi connectivity index (χ1v) is 5.72. The highest BCUT2D eigenvalue weighted by Crippen LogP contribution is 2.16. The van der Waals surface area contributed by atoms with Crippen molar-refractivity contribution in [1.29, 1.82) is 0 Å². The molecule has 0 bridgehead atoms. The molecule has 0 aliphatic heterocycles. The molecule has 1 aromatic carbocycles. The minimum atomic E-state index is -0.132. The average Bonchev–Trinajstić information content (AvgIpc) is 2.18. The lowest BCUT2D eigenvalue weighted by Crippen LogP contribution is -2.36. The zero-order valence-corrected chi connectivity index (χ0v) is 10.5. The van der Waals surface area contributed by atoms with Gasteiger partial charge in [0, 0.05) is 11.0 Å². The van der Waals surface area contributed by atoms with Crippen LogP contribution in [0.5, 0.6) is 0 Å². The zero-order chi connectivity index (χ0) is 11.3. The van der Waals surface area contributed by atoms with Crippen LogP contribution in [0.25, 0.3) is 0 Å². The van der Waals surface area contributed by atoms with Gasteiger partial charge in [0.1, 0.15) is 0 Å². The molecule has 0 radical (unpaired) electrons. The lowest BCUT2D eigenvalue weighted by Gasteiger charge is -2.14. The first kappa shape index (κ1) is 12.0. The van der Waals surface area contributed by atoms with E-state index in [9.17, 15) is 4.79 Å². The third kappa shape index (κ3) is 3.91. The smallest absolute Gasteiger partial charge is 0.315 e. The molecule has 0 saturated heterocycles. The van der Waals surface area contributed by atoms with Gasteiger partial charge >= 0.3 is 6.03 Å². The Morgan fingerprint density at radius 2 is 2.00 bits per heavy atom. The maximum Gasteiger partial charge on any atom is 0.315 e. The Kier molecular flexibility index (Phi) is 4.62. The summed E-state index contributed by atoms with van der Waals surface area (Å²) < 4.78 is 1.04. The van der Waals surface area contributed by atoms with Gasteiger partial charge in [0.15, 0.2) is 0 Å². The van der Waals surface area contributed by atoms with Crippen molar-refractivity contribution in [3.05, 3.63) is 34.3 Å². The van der Waals surface area contributed by atoms with Crippen molar-refractivity contribution in [2.24, 2.45) is 0 Å². The Morgan fingerprint density at radius 1 is 1.40 bits per heavy atom. The molecule has 3 nitrogen and oxygen atoms in total. The second-order valence-corrected chi connectivity index (χ2v) is 4.19. The summed E-state index contributed by atoms with van der Waals surface area (Å²) >= 11 is 3.37. The summed E-state index contributed by atoms with van der Waals surface area (Å²) in [6.07, 6.45) is 0. The molecule has 2 N–H and O–H groups in total. The zero-order valence-electron chi connectivity index (χ0n) is 8.88. The number of carbonyl (C=O) groups excluding carboxylic acids is 1. The van der Waals surface area contributed by atoms with E-state index in [1.807, 2.05) is 38.1 Å². The molecule has 82 valence electrons. The van der Waals surface area contributed by atoms with Crippen molar-refractivity contribution in [3.8, 4) is 0 Å². The molecule has 0 spiro atoms. The van der Waals surface area contributed by atoms with Crippen LogP contribution in [0.1, 0.15) is 25.5 Å². The standard InChI is InChI=1S/C11H15BrN2O/c1-3-13-11(15)14-8(2)9-4-6-10(12)7-5-9/h4-8H,3H2,1-2H3,(H2,13,14,15)/t8-/m0/s1. The largest absolute Gasteiger partial charge is 0.338 e. The summed E-state index contributed by atoms with van der Waals surface area (Å²) in [6, 6.07) is 7.79. The molecule has 4 heteroatoms. The molecule has 0 aliphatic rings. The van der Waals surface area contributed by atoms with Gasteiger partial charge in [-0.25, -0.2) is 4.79 Å². The number of carbonyl (C=O) groups is 1. The molecule has 0 aromatic heterocycles. The lowest BCUT2D eigenvalue weighted by molar-refractivity contribution is 0.238. The SMILES string of the molecule is CCNC(=O)N[C@@H](C)c1ccc(Br)cc1. The topological polar surface area (TPSA) is 41.1 Å². The predicted octanol–water partition coefficient (Wildman–Crippen LogP) is 2.83. The number of benzene rings is 1. The third-order valence-corrected chi connectivity index (χ3v) is 2.58. The molecule has 1 atom stereocenters. The maximum atomic E-state index is 11.3. The molecular formula is C11H15BrN2O. The first-order valence-electron chi connectivity index (χ1n) is 4.93. The second kappa shape index (κ2) is 5.75. The van der Waals surface area contributed by atoms with Gasteiger partial charge in [0.05, 0.1) is 6.04 Å². The normalized spacial score (nSPS) is 11.9. The summed E-state index contributed by atoms with van der Waals surface area (Å²) in [5.41, 5.74) is 1.09. The Bertz CT molecular complexity index is 324. The Labute approximate surface area is 98.4 Å². The number of nitrogens with one attached hydrogen (secondary N) is 2. The van der Waals surface area contributed by atoms with Crippen molar-refractivity contribution in [2.75, 3.05) is 6.54 Å². The van der Waals surface area contributed by atoms with Gasteiger partial charge in [-0.15, -0.1) is 0 Å². The van der Waals surface area contributed by atoms with E-state index in [-0.39, 0.29) is 12.1 Å². The molecule has 15 heavy (non-hydrogen) atoms. The van der Waals surface area contributed by atoms with Crippen LogP contribution in [0.2, 0.25) is 0 Å². The maximum absolute atomic E-state index is 11.3. The summed E-state index contributed by atoms with van der Waals surface area (Å²) in [7, 11) is 0. The summed E-state index contributed by atoms with van der Waals surface area (Å²) in [5.74, 6) is 0. The Hall–Kier alpha value is -1.03. The molecule has 0 saturated carbocycles. The van der Waals surface area contributed by atoms with Crippen LogP contribution < -0.4 is 10.6 Å². The van der Waals surface area contributed by atoms with E-state index in [1.165, 1.54) is 0 Å². The number of halogens is 1. The average molecular weight is 271 g/mol. The number of hydrogen-bond donors (Lipinski definition) is 2. The van der Waals surface area contributed by atoms with E-state index < -0.39 is 0 Å².